The standard InChI is InChI=1S/C18H21ClN2O3S/c19-14-8-6-13(7-9-14)18-21-15(12-25-18)11-16(22)20-10-4-2-1-3-5-17(23)24/h6-9,12H,1-5,10-11H2,(H,20,22)(H,23,24). The maximum absolute atomic E-state index is 11.9. The van der Waals surface area contributed by atoms with Gasteiger partial charge >= 0.3 is 5.97 Å². The molecule has 25 heavy (non-hydrogen) atoms. The Balaban J connectivity index is 1.67. The molecule has 2 rings (SSSR count). The van der Waals surface area contributed by atoms with E-state index in [1.165, 1.54) is 11.3 Å². The van der Waals surface area contributed by atoms with Crippen molar-refractivity contribution in [2.45, 2.75) is 38.5 Å². The van der Waals surface area contributed by atoms with Crippen LogP contribution in [-0.4, -0.2) is 28.5 Å². The highest BCUT2D eigenvalue weighted by atomic mass is 35.5. The second-order valence-electron chi connectivity index (χ2n) is 5.74. The fourth-order valence-electron chi connectivity index (χ4n) is 2.32. The molecule has 0 spiro atoms. The van der Waals surface area contributed by atoms with E-state index in [4.69, 9.17) is 16.7 Å². The lowest BCUT2D eigenvalue weighted by Gasteiger charge is -2.04. The lowest BCUT2D eigenvalue weighted by atomic mass is 10.1. The van der Waals surface area contributed by atoms with Gasteiger partial charge in [-0.25, -0.2) is 4.98 Å². The average Bonchev–Trinajstić information content (AvgIpc) is 3.02. The molecule has 2 aromatic rings. The first-order valence-electron chi connectivity index (χ1n) is 8.23. The van der Waals surface area contributed by atoms with Gasteiger partial charge in [-0.3, -0.25) is 9.59 Å². The molecule has 0 atom stereocenters. The number of carboxylic acid groups (broad SMARTS) is 1. The Morgan fingerprint density at radius 3 is 2.56 bits per heavy atom. The number of halogens is 1. The summed E-state index contributed by atoms with van der Waals surface area (Å²) in [6, 6.07) is 7.47. The van der Waals surface area contributed by atoms with Crippen LogP contribution in [0.5, 0.6) is 0 Å². The molecule has 7 heteroatoms. The molecule has 0 saturated carbocycles. The number of aromatic nitrogens is 1. The number of hydrogen-bond donors (Lipinski definition) is 2. The summed E-state index contributed by atoms with van der Waals surface area (Å²) >= 11 is 7.39. The van der Waals surface area contributed by atoms with Gasteiger partial charge in [0.25, 0.3) is 0 Å². The van der Waals surface area contributed by atoms with E-state index in [-0.39, 0.29) is 18.7 Å². The molecule has 0 bridgehead atoms. The van der Waals surface area contributed by atoms with E-state index in [0.29, 0.717) is 18.0 Å². The van der Waals surface area contributed by atoms with Gasteiger partial charge in [0.15, 0.2) is 0 Å². The third-order valence-corrected chi connectivity index (χ3v) is 4.82. The molecule has 0 saturated heterocycles. The number of nitrogens with one attached hydrogen (secondary N) is 1. The predicted octanol–water partition coefficient (Wildman–Crippen LogP) is 4.16. The van der Waals surface area contributed by atoms with Crippen LogP contribution in [0, 0.1) is 0 Å². The van der Waals surface area contributed by atoms with Crippen LogP contribution in [0.4, 0.5) is 0 Å². The highest BCUT2D eigenvalue weighted by Gasteiger charge is 2.09. The molecule has 0 aliphatic carbocycles. The first-order chi connectivity index (χ1) is 12.0. The van der Waals surface area contributed by atoms with Crippen molar-refractivity contribution in [3.8, 4) is 10.6 Å². The van der Waals surface area contributed by atoms with E-state index in [9.17, 15) is 9.59 Å². The lowest BCUT2D eigenvalue weighted by Crippen LogP contribution is -2.26. The molecule has 134 valence electrons. The third kappa shape index (κ3) is 7.23. The minimum absolute atomic E-state index is 0.0431. The quantitative estimate of drug-likeness (QED) is 0.606. The fourth-order valence-corrected chi connectivity index (χ4v) is 3.27. The number of benzene rings is 1. The Hall–Kier alpha value is -1.92. The number of nitrogens with zero attached hydrogens (tertiary/aromatic N) is 1. The Morgan fingerprint density at radius 2 is 1.84 bits per heavy atom. The monoisotopic (exact) mass is 380 g/mol. The molecule has 1 aromatic heterocycles. The van der Waals surface area contributed by atoms with Crippen molar-refractivity contribution in [1.29, 1.82) is 0 Å². The molecular weight excluding hydrogens is 360 g/mol. The number of amides is 1. The van der Waals surface area contributed by atoms with Crippen molar-refractivity contribution < 1.29 is 14.7 Å². The van der Waals surface area contributed by atoms with E-state index in [2.05, 4.69) is 10.3 Å². The van der Waals surface area contributed by atoms with Crippen molar-refractivity contribution in [1.82, 2.24) is 10.3 Å². The van der Waals surface area contributed by atoms with Crippen molar-refractivity contribution in [2.75, 3.05) is 6.54 Å². The molecule has 0 fully saturated rings. The molecule has 0 aliphatic heterocycles. The SMILES string of the molecule is O=C(O)CCCCCCNC(=O)Cc1csc(-c2ccc(Cl)cc2)n1. The van der Waals surface area contributed by atoms with Gasteiger partial charge < -0.3 is 10.4 Å². The molecular formula is C18H21ClN2O3S. The predicted molar refractivity (Wildman–Crippen MR) is 100.0 cm³/mol. The molecule has 1 amide bonds. The Morgan fingerprint density at radius 1 is 1.12 bits per heavy atom. The zero-order valence-electron chi connectivity index (χ0n) is 13.8. The minimum Gasteiger partial charge on any atom is -0.481 e. The third-order valence-electron chi connectivity index (χ3n) is 3.62. The highest BCUT2D eigenvalue weighted by molar-refractivity contribution is 7.13. The summed E-state index contributed by atoms with van der Waals surface area (Å²) in [5.74, 6) is -0.798. The molecule has 1 aromatic carbocycles. The van der Waals surface area contributed by atoms with Gasteiger partial charge in [0.2, 0.25) is 5.91 Å². The smallest absolute Gasteiger partial charge is 0.303 e. The molecule has 1 heterocycles. The number of aliphatic carboxylic acids is 1. The van der Waals surface area contributed by atoms with Gasteiger partial charge in [0, 0.05) is 28.9 Å². The van der Waals surface area contributed by atoms with Gasteiger partial charge in [0.1, 0.15) is 5.01 Å². The lowest BCUT2D eigenvalue weighted by molar-refractivity contribution is -0.137. The minimum atomic E-state index is -0.755. The summed E-state index contributed by atoms with van der Waals surface area (Å²) in [6.45, 7) is 0.611. The van der Waals surface area contributed by atoms with Crippen LogP contribution < -0.4 is 5.32 Å². The fraction of sp³-hybridized carbons (Fsp3) is 0.389. The molecule has 0 radical (unpaired) electrons. The summed E-state index contributed by atoms with van der Waals surface area (Å²) in [7, 11) is 0. The number of thiazole rings is 1. The van der Waals surface area contributed by atoms with E-state index in [1.807, 2.05) is 29.6 Å². The van der Waals surface area contributed by atoms with E-state index in [1.54, 1.807) is 0 Å². The number of unbranched alkanes of at least 4 members (excludes halogenated alkanes) is 3. The zero-order valence-corrected chi connectivity index (χ0v) is 15.4. The number of hydrogen-bond acceptors (Lipinski definition) is 4. The van der Waals surface area contributed by atoms with Gasteiger partial charge in [-0.1, -0.05) is 36.6 Å². The second kappa shape index (κ2) is 10.2. The van der Waals surface area contributed by atoms with Gasteiger partial charge in [0.05, 0.1) is 12.1 Å². The molecule has 2 N–H and O–H groups in total. The van der Waals surface area contributed by atoms with Gasteiger partial charge in [-0.05, 0) is 25.0 Å². The van der Waals surface area contributed by atoms with Crippen molar-refractivity contribution in [2.24, 2.45) is 0 Å². The normalized spacial score (nSPS) is 10.6. The maximum Gasteiger partial charge on any atom is 0.303 e. The summed E-state index contributed by atoms with van der Waals surface area (Å²) in [5.41, 5.74) is 1.75. The highest BCUT2D eigenvalue weighted by Crippen LogP contribution is 2.25. The molecule has 5 nitrogen and oxygen atoms in total. The largest absolute Gasteiger partial charge is 0.481 e. The topological polar surface area (TPSA) is 79.3 Å². The Labute approximate surface area is 156 Å². The van der Waals surface area contributed by atoms with Crippen LogP contribution in [-0.2, 0) is 16.0 Å². The number of carboxylic acids is 1. The number of carbonyl (C=O) groups is 2. The summed E-state index contributed by atoms with van der Waals surface area (Å²) < 4.78 is 0. The van der Waals surface area contributed by atoms with E-state index < -0.39 is 5.97 Å². The summed E-state index contributed by atoms with van der Waals surface area (Å²) in [5, 5.41) is 14.9. The van der Waals surface area contributed by atoms with E-state index in [0.717, 1.165) is 35.5 Å². The van der Waals surface area contributed by atoms with Crippen LogP contribution in [0.25, 0.3) is 10.6 Å². The van der Waals surface area contributed by atoms with Crippen molar-refractivity contribution in [3.63, 3.8) is 0 Å². The van der Waals surface area contributed by atoms with Crippen LogP contribution in [0.3, 0.4) is 0 Å². The van der Waals surface area contributed by atoms with Gasteiger partial charge in [-0.2, -0.15) is 0 Å². The van der Waals surface area contributed by atoms with Crippen LogP contribution >= 0.6 is 22.9 Å². The maximum atomic E-state index is 11.9. The average molecular weight is 381 g/mol. The molecule has 0 unspecified atom stereocenters. The Kier molecular flexibility index (Phi) is 7.88. The van der Waals surface area contributed by atoms with Crippen molar-refractivity contribution in [3.05, 3.63) is 40.4 Å². The summed E-state index contributed by atoms with van der Waals surface area (Å²) in [4.78, 5) is 26.8. The van der Waals surface area contributed by atoms with Gasteiger partial charge in [-0.15, -0.1) is 11.3 Å². The summed E-state index contributed by atoms with van der Waals surface area (Å²) in [6.07, 6.45) is 3.83. The molecule has 0 aliphatic rings. The van der Waals surface area contributed by atoms with Crippen molar-refractivity contribution >= 4 is 34.8 Å². The van der Waals surface area contributed by atoms with Crippen LogP contribution in [0.15, 0.2) is 29.6 Å². The van der Waals surface area contributed by atoms with E-state index >= 15 is 0 Å². The first kappa shape index (κ1) is 19.4. The number of rotatable bonds is 10. The number of carbonyl (C=O) groups excluding carboxylic acids is 1. The second-order valence-corrected chi connectivity index (χ2v) is 7.03. The van der Waals surface area contributed by atoms with Crippen LogP contribution in [0.1, 0.15) is 37.8 Å². The van der Waals surface area contributed by atoms with Crippen LogP contribution in [0.2, 0.25) is 5.02 Å². The zero-order chi connectivity index (χ0) is 18.1. The Bertz CT molecular complexity index is 701. The first-order valence-corrected chi connectivity index (χ1v) is 9.49.